The summed E-state index contributed by atoms with van der Waals surface area (Å²) < 4.78 is 11.3. The van der Waals surface area contributed by atoms with E-state index >= 15 is 0 Å². The van der Waals surface area contributed by atoms with E-state index in [0.717, 1.165) is 18.9 Å². The van der Waals surface area contributed by atoms with Gasteiger partial charge in [-0.25, -0.2) is 4.79 Å². The number of carbonyl (C=O) groups is 1. The molecule has 0 amide bonds. The molecule has 0 saturated heterocycles. The second kappa shape index (κ2) is 11.8. The van der Waals surface area contributed by atoms with Crippen molar-refractivity contribution in [1.82, 2.24) is 0 Å². The maximum atomic E-state index is 10.6. The van der Waals surface area contributed by atoms with Gasteiger partial charge in [0.25, 0.3) is 0 Å². The number of hydrogen-bond donors (Lipinski definition) is 1. The van der Waals surface area contributed by atoms with E-state index in [1.807, 2.05) is 0 Å². The van der Waals surface area contributed by atoms with Gasteiger partial charge >= 0.3 is 12.0 Å². The van der Waals surface area contributed by atoms with Gasteiger partial charge in [-0.3, -0.25) is 0 Å². The molecular formula is C18H25Cl3O4Si. The molecule has 1 atom stereocenters. The SMILES string of the molecule is CCCCCCCC(Oc1ccc(/C=C/C(=O)O)cc1OC)[Si](Cl)(Cl)Cl. The summed E-state index contributed by atoms with van der Waals surface area (Å²) in [6.45, 7) is 2.17. The fourth-order valence-electron chi connectivity index (χ4n) is 2.43. The predicted octanol–water partition coefficient (Wildman–Crippen LogP) is 6.10. The normalized spacial score (nSPS) is 13.0. The molecule has 0 bridgehead atoms. The lowest BCUT2D eigenvalue weighted by atomic mass is 10.1. The second-order valence-corrected chi connectivity index (χ2v) is 14.8. The minimum absolute atomic E-state index is 0.469. The molecule has 1 aromatic rings. The zero-order chi connectivity index (χ0) is 19.6. The van der Waals surface area contributed by atoms with E-state index in [1.54, 1.807) is 18.2 Å². The van der Waals surface area contributed by atoms with Gasteiger partial charge in [-0.2, -0.15) is 0 Å². The smallest absolute Gasteiger partial charge is 0.381 e. The third kappa shape index (κ3) is 8.67. The monoisotopic (exact) mass is 438 g/mol. The van der Waals surface area contributed by atoms with Crippen molar-refractivity contribution in [3.05, 3.63) is 29.8 Å². The summed E-state index contributed by atoms with van der Waals surface area (Å²) in [6.07, 6.45) is 8.78. The van der Waals surface area contributed by atoms with E-state index in [9.17, 15) is 4.79 Å². The number of unbranched alkanes of at least 4 members (excludes halogenated alkanes) is 4. The summed E-state index contributed by atoms with van der Waals surface area (Å²) in [7, 11) is 1.51. The predicted molar refractivity (Wildman–Crippen MR) is 111 cm³/mol. The van der Waals surface area contributed by atoms with Crippen LogP contribution in [0.3, 0.4) is 0 Å². The standard InChI is InChI=1S/C18H25Cl3O4Si/c1-3-4-5-6-7-8-18(26(19,20)21)25-15-11-9-14(10-12-17(22)23)13-16(15)24-2/h9-13,18H,3-8H2,1-2H3,(H,22,23)/b12-10+. The number of benzene rings is 1. The first-order valence-electron chi connectivity index (χ1n) is 8.60. The van der Waals surface area contributed by atoms with Gasteiger partial charge in [-0.15, -0.1) is 33.2 Å². The molecule has 1 unspecified atom stereocenters. The molecule has 1 aromatic carbocycles. The first-order valence-corrected chi connectivity index (χ1v) is 13.7. The van der Waals surface area contributed by atoms with Gasteiger partial charge in [0.15, 0.2) is 11.5 Å². The summed E-state index contributed by atoms with van der Waals surface area (Å²) in [5, 5.41) is 8.72. The molecule has 146 valence electrons. The van der Waals surface area contributed by atoms with Gasteiger partial charge in [0.2, 0.25) is 0 Å². The molecule has 0 saturated carbocycles. The number of hydrogen-bond acceptors (Lipinski definition) is 3. The molecule has 26 heavy (non-hydrogen) atoms. The van der Waals surface area contributed by atoms with Crippen LogP contribution in [0, 0.1) is 0 Å². The van der Waals surface area contributed by atoms with E-state index in [4.69, 9.17) is 47.8 Å². The Labute approximate surface area is 170 Å². The average Bonchev–Trinajstić information content (AvgIpc) is 2.58. The second-order valence-electron chi connectivity index (χ2n) is 5.93. The molecular weight excluding hydrogens is 415 g/mol. The van der Waals surface area contributed by atoms with Gasteiger partial charge < -0.3 is 14.6 Å². The quantitative estimate of drug-likeness (QED) is 0.185. The van der Waals surface area contributed by atoms with Crippen molar-refractivity contribution in [2.75, 3.05) is 7.11 Å². The van der Waals surface area contributed by atoms with Crippen LogP contribution in [-0.4, -0.2) is 29.9 Å². The lowest BCUT2D eigenvalue weighted by Gasteiger charge is -2.24. The highest BCUT2D eigenvalue weighted by Crippen LogP contribution is 2.35. The Morgan fingerprint density at radius 2 is 1.88 bits per heavy atom. The first kappa shape index (κ1) is 23.2. The van der Waals surface area contributed by atoms with E-state index < -0.39 is 17.7 Å². The van der Waals surface area contributed by atoms with Crippen LogP contribution in [0.2, 0.25) is 0 Å². The Bertz CT molecular complexity index is 603. The zero-order valence-corrected chi connectivity index (χ0v) is 18.3. The molecule has 0 aromatic heterocycles. The third-order valence-corrected chi connectivity index (χ3v) is 7.14. The molecule has 8 heteroatoms. The van der Waals surface area contributed by atoms with Crippen molar-refractivity contribution < 1.29 is 19.4 Å². The van der Waals surface area contributed by atoms with Crippen LogP contribution in [0.1, 0.15) is 51.0 Å². The summed E-state index contributed by atoms with van der Waals surface area (Å²) in [5.74, 6) is -0.0660. The zero-order valence-electron chi connectivity index (χ0n) is 15.0. The van der Waals surface area contributed by atoms with Crippen molar-refractivity contribution in [2.45, 2.75) is 51.2 Å². The van der Waals surface area contributed by atoms with Gasteiger partial charge in [0.1, 0.15) is 5.73 Å². The Hall–Kier alpha value is -0.883. The van der Waals surface area contributed by atoms with Crippen molar-refractivity contribution in [1.29, 1.82) is 0 Å². The minimum Gasteiger partial charge on any atom is -0.493 e. The van der Waals surface area contributed by atoms with Crippen LogP contribution in [0.15, 0.2) is 24.3 Å². The summed E-state index contributed by atoms with van der Waals surface area (Å²) in [5.41, 5.74) is 0.210. The molecule has 1 N–H and O–H groups in total. The number of halogens is 3. The Balaban J connectivity index is 2.84. The summed E-state index contributed by atoms with van der Waals surface area (Å²) >= 11 is 18.7. The number of methoxy groups -OCH3 is 1. The van der Waals surface area contributed by atoms with Gasteiger partial charge in [-0.1, -0.05) is 38.7 Å². The minimum atomic E-state index is -3.07. The van der Waals surface area contributed by atoms with Crippen molar-refractivity contribution in [2.24, 2.45) is 0 Å². The molecule has 0 spiro atoms. The number of ether oxygens (including phenoxy) is 2. The lowest BCUT2D eigenvalue weighted by molar-refractivity contribution is -0.131. The molecule has 0 aliphatic rings. The maximum absolute atomic E-state index is 10.6. The van der Waals surface area contributed by atoms with Gasteiger partial charge in [0.05, 0.1) is 7.11 Å². The highest BCUT2D eigenvalue weighted by Gasteiger charge is 2.39. The van der Waals surface area contributed by atoms with Crippen molar-refractivity contribution in [3.8, 4) is 11.5 Å². The first-order chi connectivity index (χ1) is 12.3. The topological polar surface area (TPSA) is 55.8 Å². The molecule has 0 aliphatic heterocycles. The Kier molecular flexibility index (Phi) is 10.5. The molecule has 0 radical (unpaired) electrons. The van der Waals surface area contributed by atoms with E-state index in [2.05, 4.69) is 6.92 Å². The molecule has 1 rings (SSSR count). The summed E-state index contributed by atoms with van der Waals surface area (Å²) in [6, 6.07) is 2.05. The van der Waals surface area contributed by atoms with Crippen molar-refractivity contribution in [3.63, 3.8) is 0 Å². The number of rotatable bonds is 12. The molecule has 0 heterocycles. The van der Waals surface area contributed by atoms with Crippen LogP contribution in [0.4, 0.5) is 0 Å². The van der Waals surface area contributed by atoms with E-state index in [-0.39, 0.29) is 0 Å². The summed E-state index contributed by atoms with van der Waals surface area (Å²) in [4.78, 5) is 10.6. The molecule has 0 aliphatic carbocycles. The van der Waals surface area contributed by atoms with Gasteiger partial charge in [-0.05, 0) is 36.6 Å². The van der Waals surface area contributed by atoms with E-state index in [0.29, 0.717) is 23.5 Å². The Morgan fingerprint density at radius 3 is 2.46 bits per heavy atom. The van der Waals surface area contributed by atoms with Crippen LogP contribution in [0.5, 0.6) is 11.5 Å². The fourth-order valence-corrected chi connectivity index (χ4v) is 4.60. The molecule has 0 fully saturated rings. The van der Waals surface area contributed by atoms with Crippen LogP contribution >= 0.6 is 33.2 Å². The highest BCUT2D eigenvalue weighted by molar-refractivity contribution is 7.65. The van der Waals surface area contributed by atoms with Crippen LogP contribution in [-0.2, 0) is 4.79 Å². The van der Waals surface area contributed by atoms with E-state index in [1.165, 1.54) is 32.4 Å². The lowest BCUT2D eigenvalue weighted by Crippen LogP contribution is -2.36. The average molecular weight is 440 g/mol. The van der Waals surface area contributed by atoms with Crippen molar-refractivity contribution >= 4 is 51.3 Å². The molecule has 4 nitrogen and oxygen atoms in total. The number of carboxylic acids is 1. The highest BCUT2D eigenvalue weighted by atomic mass is 35.8. The Morgan fingerprint density at radius 1 is 1.19 bits per heavy atom. The third-order valence-electron chi connectivity index (χ3n) is 3.81. The number of aliphatic carboxylic acids is 1. The van der Waals surface area contributed by atoms with Crippen LogP contribution in [0.25, 0.3) is 6.08 Å². The largest absolute Gasteiger partial charge is 0.493 e. The van der Waals surface area contributed by atoms with Gasteiger partial charge in [0, 0.05) is 6.08 Å². The maximum Gasteiger partial charge on any atom is 0.381 e. The fraction of sp³-hybridized carbons (Fsp3) is 0.500. The number of carboxylic acid groups (broad SMARTS) is 1. The van der Waals surface area contributed by atoms with Crippen LogP contribution < -0.4 is 9.47 Å².